The summed E-state index contributed by atoms with van der Waals surface area (Å²) in [5, 5.41) is 0. The summed E-state index contributed by atoms with van der Waals surface area (Å²) >= 11 is 0. The van der Waals surface area contributed by atoms with Crippen LogP contribution in [-0.2, 0) is 0 Å². The fourth-order valence-corrected chi connectivity index (χ4v) is 1.45. The van der Waals surface area contributed by atoms with Crippen molar-refractivity contribution in [3.63, 3.8) is 0 Å². The minimum Gasteiger partial charge on any atom is -0.330 e. The van der Waals surface area contributed by atoms with E-state index in [2.05, 4.69) is 16.7 Å². The van der Waals surface area contributed by atoms with Gasteiger partial charge in [-0.05, 0) is 25.9 Å². The summed E-state index contributed by atoms with van der Waals surface area (Å²) in [4.78, 5) is 2.42. The molecule has 2 heteroatoms. The van der Waals surface area contributed by atoms with Crippen LogP contribution in [0.2, 0.25) is 0 Å². The number of hydrogen-bond donors (Lipinski definition) is 1. The van der Waals surface area contributed by atoms with Crippen molar-refractivity contribution < 1.29 is 0 Å². The molecule has 0 amide bonds. The number of nitrogens with two attached hydrogens (primary N) is 1. The van der Waals surface area contributed by atoms with Crippen molar-refractivity contribution in [1.29, 1.82) is 0 Å². The predicted octanol–water partition coefficient (Wildman–Crippen LogP) is 0.825. The minimum absolute atomic E-state index is 0.688. The molecule has 1 aliphatic rings. The Labute approximate surface area is 75.1 Å². The molecule has 1 saturated heterocycles. The Balaban J connectivity index is 2.09. The Hall–Kier alpha value is -0.520. The molecule has 0 radical (unpaired) electrons. The van der Waals surface area contributed by atoms with Gasteiger partial charge in [0.2, 0.25) is 0 Å². The minimum atomic E-state index is 0.688. The van der Waals surface area contributed by atoms with E-state index < -0.39 is 0 Å². The molecule has 0 aromatic heterocycles. The largest absolute Gasteiger partial charge is 0.330 e. The van der Waals surface area contributed by atoms with Gasteiger partial charge in [0.25, 0.3) is 0 Å². The van der Waals surface area contributed by atoms with Crippen LogP contribution in [0.5, 0.6) is 0 Å². The number of nitrogens with zero attached hydrogens (tertiary/aromatic N) is 1. The monoisotopic (exact) mass is 166 g/mol. The van der Waals surface area contributed by atoms with Crippen LogP contribution in [0, 0.1) is 11.8 Å². The molecule has 2 nitrogen and oxygen atoms in total. The molecule has 12 heavy (non-hydrogen) atoms. The van der Waals surface area contributed by atoms with Crippen molar-refractivity contribution in [1.82, 2.24) is 4.90 Å². The van der Waals surface area contributed by atoms with Gasteiger partial charge in [0, 0.05) is 13.0 Å². The number of piperidine rings is 1. The highest BCUT2D eigenvalue weighted by atomic mass is 15.1. The van der Waals surface area contributed by atoms with Crippen molar-refractivity contribution in [2.45, 2.75) is 25.7 Å². The van der Waals surface area contributed by atoms with Gasteiger partial charge in [-0.2, -0.15) is 0 Å². The second-order valence-corrected chi connectivity index (χ2v) is 3.23. The highest BCUT2D eigenvalue weighted by Gasteiger charge is 2.07. The van der Waals surface area contributed by atoms with Crippen molar-refractivity contribution in [3.8, 4) is 11.8 Å². The molecule has 0 spiro atoms. The van der Waals surface area contributed by atoms with Gasteiger partial charge in [-0.25, -0.2) is 0 Å². The van der Waals surface area contributed by atoms with Gasteiger partial charge in [-0.1, -0.05) is 12.3 Å². The molecule has 1 fully saturated rings. The van der Waals surface area contributed by atoms with Crippen LogP contribution < -0.4 is 5.73 Å². The lowest BCUT2D eigenvalue weighted by Gasteiger charge is -2.23. The molecule has 2 N–H and O–H groups in total. The summed E-state index contributed by atoms with van der Waals surface area (Å²) in [6.45, 7) is 4.10. The average molecular weight is 166 g/mol. The number of hydrogen-bond acceptors (Lipinski definition) is 2. The van der Waals surface area contributed by atoms with Crippen LogP contribution in [0.3, 0.4) is 0 Å². The van der Waals surface area contributed by atoms with E-state index in [0.29, 0.717) is 6.54 Å². The van der Waals surface area contributed by atoms with Gasteiger partial charge in [0.1, 0.15) is 0 Å². The summed E-state index contributed by atoms with van der Waals surface area (Å²) in [5.41, 5.74) is 5.33. The van der Waals surface area contributed by atoms with Crippen molar-refractivity contribution >= 4 is 0 Å². The lowest BCUT2D eigenvalue weighted by atomic mass is 10.1. The third-order valence-electron chi connectivity index (χ3n) is 2.15. The first-order chi connectivity index (χ1) is 5.93. The van der Waals surface area contributed by atoms with E-state index in [1.807, 2.05) is 0 Å². The summed E-state index contributed by atoms with van der Waals surface area (Å²) in [5.74, 6) is 6.22. The Morgan fingerprint density at radius 3 is 2.50 bits per heavy atom. The lowest BCUT2D eigenvalue weighted by molar-refractivity contribution is 0.255. The highest BCUT2D eigenvalue weighted by molar-refractivity contribution is 5.01. The molecule has 1 rings (SSSR count). The molecule has 0 bridgehead atoms. The topological polar surface area (TPSA) is 29.3 Å². The van der Waals surface area contributed by atoms with Crippen molar-refractivity contribution in [2.75, 3.05) is 26.2 Å². The molecule has 0 aromatic carbocycles. The van der Waals surface area contributed by atoms with E-state index >= 15 is 0 Å². The highest BCUT2D eigenvalue weighted by Crippen LogP contribution is 2.06. The molecular formula is C10H18N2. The Morgan fingerprint density at radius 1 is 1.08 bits per heavy atom. The number of likely N-dealkylation sites (tertiary alicyclic amines) is 1. The smallest absolute Gasteiger partial charge is 0.0601 e. The molecule has 1 aliphatic heterocycles. The predicted molar refractivity (Wildman–Crippen MR) is 51.7 cm³/mol. The summed E-state index contributed by atoms with van der Waals surface area (Å²) in [6.07, 6.45) is 4.93. The molecule has 0 saturated carbocycles. The lowest BCUT2D eigenvalue weighted by Crippen LogP contribution is -2.29. The van der Waals surface area contributed by atoms with Gasteiger partial charge < -0.3 is 5.73 Å². The third kappa shape index (κ3) is 3.75. The Kier molecular flexibility index (Phi) is 4.82. The van der Waals surface area contributed by atoms with Crippen LogP contribution in [0.25, 0.3) is 0 Å². The molecule has 0 atom stereocenters. The first kappa shape index (κ1) is 9.57. The molecule has 1 heterocycles. The van der Waals surface area contributed by atoms with Gasteiger partial charge >= 0.3 is 0 Å². The first-order valence-electron chi connectivity index (χ1n) is 4.81. The fourth-order valence-electron chi connectivity index (χ4n) is 1.45. The van der Waals surface area contributed by atoms with Crippen LogP contribution in [0.1, 0.15) is 25.7 Å². The van der Waals surface area contributed by atoms with Crippen LogP contribution >= 0.6 is 0 Å². The second kappa shape index (κ2) is 6.05. The fraction of sp³-hybridized carbons (Fsp3) is 0.800. The summed E-state index contributed by atoms with van der Waals surface area (Å²) in [6, 6.07) is 0. The normalized spacial score (nSPS) is 18.4. The Morgan fingerprint density at radius 2 is 1.83 bits per heavy atom. The van der Waals surface area contributed by atoms with Gasteiger partial charge in [-0.15, -0.1) is 5.92 Å². The van der Waals surface area contributed by atoms with E-state index in [1.165, 1.54) is 32.4 Å². The molecule has 0 aliphatic carbocycles. The van der Waals surface area contributed by atoms with Gasteiger partial charge in [0.05, 0.1) is 6.54 Å². The molecule has 68 valence electrons. The quantitative estimate of drug-likeness (QED) is 0.615. The number of rotatable bonds is 2. The standard InChI is InChI=1S/C10H18N2/c11-7-3-1-4-8-12-9-5-2-6-10-12/h2-3,5-11H2. The summed E-state index contributed by atoms with van der Waals surface area (Å²) in [7, 11) is 0. The second-order valence-electron chi connectivity index (χ2n) is 3.23. The zero-order valence-electron chi connectivity index (χ0n) is 7.68. The Bertz CT molecular complexity index is 160. The van der Waals surface area contributed by atoms with E-state index in [0.717, 1.165) is 13.0 Å². The average Bonchev–Trinajstić information content (AvgIpc) is 2.14. The van der Waals surface area contributed by atoms with Gasteiger partial charge in [0.15, 0.2) is 0 Å². The van der Waals surface area contributed by atoms with E-state index in [9.17, 15) is 0 Å². The van der Waals surface area contributed by atoms with E-state index in [-0.39, 0.29) is 0 Å². The van der Waals surface area contributed by atoms with Crippen molar-refractivity contribution in [3.05, 3.63) is 0 Å². The summed E-state index contributed by atoms with van der Waals surface area (Å²) < 4.78 is 0. The van der Waals surface area contributed by atoms with Crippen molar-refractivity contribution in [2.24, 2.45) is 5.73 Å². The third-order valence-corrected chi connectivity index (χ3v) is 2.15. The van der Waals surface area contributed by atoms with Crippen LogP contribution in [0.4, 0.5) is 0 Å². The zero-order chi connectivity index (χ0) is 8.65. The molecular weight excluding hydrogens is 148 g/mol. The maximum absolute atomic E-state index is 5.33. The maximum Gasteiger partial charge on any atom is 0.0601 e. The molecule has 0 aromatic rings. The SMILES string of the molecule is NCCC#CCN1CCCCC1. The van der Waals surface area contributed by atoms with Crippen LogP contribution in [-0.4, -0.2) is 31.1 Å². The van der Waals surface area contributed by atoms with E-state index in [4.69, 9.17) is 5.73 Å². The maximum atomic E-state index is 5.33. The molecule has 0 unspecified atom stereocenters. The van der Waals surface area contributed by atoms with Gasteiger partial charge in [-0.3, -0.25) is 4.90 Å². The first-order valence-corrected chi connectivity index (χ1v) is 4.81. The van der Waals surface area contributed by atoms with E-state index in [1.54, 1.807) is 0 Å². The van der Waals surface area contributed by atoms with Crippen LogP contribution in [0.15, 0.2) is 0 Å². The zero-order valence-corrected chi connectivity index (χ0v) is 7.68.